The zero-order valence-corrected chi connectivity index (χ0v) is 17.1. The molecule has 0 heterocycles. The van der Waals surface area contributed by atoms with Gasteiger partial charge < -0.3 is 10.1 Å². The Morgan fingerprint density at radius 3 is 2.54 bits per heavy atom. The van der Waals surface area contributed by atoms with E-state index in [0.717, 1.165) is 27.8 Å². The number of rotatable bonds is 9. The monoisotopic (exact) mass is 391 g/mol. The molecule has 0 unspecified atom stereocenters. The molecule has 1 N–H and O–H groups in total. The van der Waals surface area contributed by atoms with Gasteiger partial charge in [0, 0.05) is 23.1 Å². The van der Waals surface area contributed by atoms with E-state index in [1.807, 2.05) is 56.3 Å². The maximum atomic E-state index is 12.3. The van der Waals surface area contributed by atoms with Crippen molar-refractivity contribution in [2.75, 3.05) is 12.3 Å². The van der Waals surface area contributed by atoms with E-state index < -0.39 is 6.10 Å². The molecule has 3 nitrogen and oxygen atoms in total. The standard InChI is InChI=1S/C21H26ClNO2S/c1-4-20(25-19-10-5-15(2)16(3)13-19)21(24)23-11-12-26-14-17-6-8-18(22)9-7-17/h5-10,13,20H,4,11-12,14H2,1-3H3,(H,23,24)/t20-/m0/s1. The van der Waals surface area contributed by atoms with Gasteiger partial charge in [0.05, 0.1) is 0 Å². The molecule has 1 amide bonds. The van der Waals surface area contributed by atoms with Gasteiger partial charge in [0.2, 0.25) is 0 Å². The SMILES string of the molecule is CC[C@H](Oc1ccc(C)c(C)c1)C(=O)NCCSCc1ccc(Cl)cc1. The lowest BCUT2D eigenvalue weighted by molar-refractivity contribution is -0.127. The van der Waals surface area contributed by atoms with Crippen LogP contribution in [0.4, 0.5) is 0 Å². The highest BCUT2D eigenvalue weighted by molar-refractivity contribution is 7.98. The molecule has 1 atom stereocenters. The molecule has 2 aromatic rings. The molecule has 0 aliphatic carbocycles. The van der Waals surface area contributed by atoms with E-state index in [1.54, 1.807) is 11.8 Å². The molecule has 0 bridgehead atoms. The van der Waals surface area contributed by atoms with Gasteiger partial charge in [-0.05, 0) is 61.2 Å². The van der Waals surface area contributed by atoms with Crippen LogP contribution in [0.5, 0.6) is 5.75 Å². The summed E-state index contributed by atoms with van der Waals surface area (Å²) >= 11 is 7.66. The quantitative estimate of drug-likeness (QED) is 0.599. The number of amides is 1. The lowest BCUT2D eigenvalue weighted by Crippen LogP contribution is -2.39. The van der Waals surface area contributed by atoms with Gasteiger partial charge in [-0.25, -0.2) is 0 Å². The van der Waals surface area contributed by atoms with Crippen LogP contribution >= 0.6 is 23.4 Å². The summed E-state index contributed by atoms with van der Waals surface area (Å²) in [7, 11) is 0. The lowest BCUT2D eigenvalue weighted by Gasteiger charge is -2.18. The minimum Gasteiger partial charge on any atom is -0.481 e. The molecule has 0 radical (unpaired) electrons. The van der Waals surface area contributed by atoms with E-state index in [9.17, 15) is 4.79 Å². The average molecular weight is 392 g/mol. The molecule has 0 saturated heterocycles. The number of aryl methyl sites for hydroxylation is 2. The number of thioether (sulfide) groups is 1. The summed E-state index contributed by atoms with van der Waals surface area (Å²) in [6, 6.07) is 13.8. The zero-order chi connectivity index (χ0) is 18.9. The van der Waals surface area contributed by atoms with Crippen LogP contribution in [-0.4, -0.2) is 24.3 Å². The molecule has 0 saturated carbocycles. The molecule has 0 aliphatic rings. The lowest BCUT2D eigenvalue weighted by atomic mass is 10.1. The fraction of sp³-hybridized carbons (Fsp3) is 0.381. The maximum absolute atomic E-state index is 12.3. The molecule has 0 spiro atoms. The molecular formula is C21H26ClNO2S. The third-order valence-electron chi connectivity index (χ3n) is 4.15. The predicted molar refractivity (Wildman–Crippen MR) is 111 cm³/mol. The van der Waals surface area contributed by atoms with Crippen molar-refractivity contribution < 1.29 is 9.53 Å². The van der Waals surface area contributed by atoms with Gasteiger partial charge in [-0.3, -0.25) is 4.79 Å². The molecule has 2 aromatic carbocycles. The van der Waals surface area contributed by atoms with Crippen molar-refractivity contribution in [3.05, 3.63) is 64.2 Å². The number of halogens is 1. The van der Waals surface area contributed by atoms with Crippen LogP contribution in [0.3, 0.4) is 0 Å². The van der Waals surface area contributed by atoms with Gasteiger partial charge in [0.15, 0.2) is 6.10 Å². The fourth-order valence-electron chi connectivity index (χ4n) is 2.40. The summed E-state index contributed by atoms with van der Waals surface area (Å²) < 4.78 is 5.87. The van der Waals surface area contributed by atoms with Crippen LogP contribution in [0.2, 0.25) is 5.02 Å². The number of hydrogen-bond donors (Lipinski definition) is 1. The van der Waals surface area contributed by atoms with Gasteiger partial charge in [-0.1, -0.05) is 36.7 Å². The Kier molecular flexibility index (Phi) is 8.33. The van der Waals surface area contributed by atoms with E-state index in [0.29, 0.717) is 13.0 Å². The van der Waals surface area contributed by atoms with E-state index in [-0.39, 0.29) is 5.91 Å². The Hall–Kier alpha value is -1.65. The number of carbonyl (C=O) groups excluding carboxylic acids is 1. The Morgan fingerprint density at radius 1 is 1.15 bits per heavy atom. The van der Waals surface area contributed by atoms with Crippen LogP contribution < -0.4 is 10.1 Å². The van der Waals surface area contributed by atoms with Gasteiger partial charge in [-0.15, -0.1) is 0 Å². The van der Waals surface area contributed by atoms with Crippen LogP contribution in [0, 0.1) is 13.8 Å². The van der Waals surface area contributed by atoms with Crippen LogP contribution in [0.1, 0.15) is 30.0 Å². The van der Waals surface area contributed by atoms with Gasteiger partial charge in [-0.2, -0.15) is 11.8 Å². The normalized spacial score (nSPS) is 11.8. The first-order chi connectivity index (χ1) is 12.5. The van der Waals surface area contributed by atoms with Crippen LogP contribution in [0.15, 0.2) is 42.5 Å². The molecule has 0 aliphatic heterocycles. The van der Waals surface area contributed by atoms with E-state index in [4.69, 9.17) is 16.3 Å². The highest BCUT2D eigenvalue weighted by Crippen LogP contribution is 2.19. The summed E-state index contributed by atoms with van der Waals surface area (Å²) in [5, 5.41) is 3.72. The largest absolute Gasteiger partial charge is 0.481 e. The second-order valence-corrected chi connectivity index (χ2v) is 7.77. The molecule has 0 aromatic heterocycles. The number of ether oxygens (including phenoxy) is 1. The summed E-state index contributed by atoms with van der Waals surface area (Å²) in [4.78, 5) is 12.3. The molecule has 2 rings (SSSR count). The topological polar surface area (TPSA) is 38.3 Å². The van der Waals surface area contributed by atoms with E-state index >= 15 is 0 Å². The number of hydrogen-bond acceptors (Lipinski definition) is 3. The molecule has 0 fully saturated rings. The first-order valence-electron chi connectivity index (χ1n) is 8.83. The highest BCUT2D eigenvalue weighted by atomic mass is 35.5. The summed E-state index contributed by atoms with van der Waals surface area (Å²) in [5.74, 6) is 2.45. The minimum absolute atomic E-state index is 0.0576. The van der Waals surface area contributed by atoms with Gasteiger partial charge in [0.1, 0.15) is 5.75 Å². The number of nitrogens with one attached hydrogen (secondary N) is 1. The van der Waals surface area contributed by atoms with Crippen molar-refractivity contribution in [2.24, 2.45) is 0 Å². The Labute approximate surface area is 165 Å². The Bertz CT molecular complexity index is 718. The first-order valence-corrected chi connectivity index (χ1v) is 10.4. The Balaban J connectivity index is 1.72. The van der Waals surface area contributed by atoms with Crippen molar-refractivity contribution in [1.82, 2.24) is 5.32 Å². The highest BCUT2D eigenvalue weighted by Gasteiger charge is 2.18. The van der Waals surface area contributed by atoms with Gasteiger partial charge in [0.25, 0.3) is 5.91 Å². The summed E-state index contributed by atoms with van der Waals surface area (Å²) in [5.41, 5.74) is 3.61. The number of carbonyl (C=O) groups is 1. The van der Waals surface area contributed by atoms with E-state index in [2.05, 4.69) is 12.2 Å². The summed E-state index contributed by atoms with van der Waals surface area (Å²) in [6.45, 7) is 6.69. The third kappa shape index (κ3) is 6.58. The summed E-state index contributed by atoms with van der Waals surface area (Å²) in [6.07, 6.45) is 0.176. The second kappa shape index (κ2) is 10.5. The van der Waals surface area contributed by atoms with Crippen molar-refractivity contribution in [3.63, 3.8) is 0 Å². The first kappa shape index (κ1) is 20.7. The van der Waals surface area contributed by atoms with Crippen molar-refractivity contribution in [3.8, 4) is 5.75 Å². The van der Waals surface area contributed by atoms with Crippen LogP contribution in [0.25, 0.3) is 0 Å². The van der Waals surface area contributed by atoms with Crippen molar-refractivity contribution >= 4 is 29.3 Å². The Morgan fingerprint density at radius 2 is 1.88 bits per heavy atom. The van der Waals surface area contributed by atoms with Gasteiger partial charge >= 0.3 is 0 Å². The smallest absolute Gasteiger partial charge is 0.261 e. The molecule has 26 heavy (non-hydrogen) atoms. The van der Waals surface area contributed by atoms with E-state index in [1.165, 1.54) is 11.1 Å². The van der Waals surface area contributed by atoms with Crippen molar-refractivity contribution in [1.29, 1.82) is 0 Å². The molecule has 5 heteroatoms. The second-order valence-electron chi connectivity index (χ2n) is 6.23. The minimum atomic E-state index is -0.460. The predicted octanol–water partition coefficient (Wildman–Crippen LogP) is 5.16. The zero-order valence-electron chi connectivity index (χ0n) is 15.5. The fourth-order valence-corrected chi connectivity index (χ4v) is 3.35. The van der Waals surface area contributed by atoms with Crippen molar-refractivity contribution in [2.45, 2.75) is 39.0 Å². The molecule has 140 valence electrons. The number of benzene rings is 2. The maximum Gasteiger partial charge on any atom is 0.261 e. The average Bonchev–Trinajstić information content (AvgIpc) is 2.63. The molecular weight excluding hydrogens is 366 g/mol. The third-order valence-corrected chi connectivity index (χ3v) is 5.43. The van der Waals surface area contributed by atoms with Crippen LogP contribution in [-0.2, 0) is 10.5 Å².